The lowest BCUT2D eigenvalue weighted by molar-refractivity contribution is 0.344. The zero-order valence-electron chi connectivity index (χ0n) is 8.78. The van der Waals surface area contributed by atoms with Crippen LogP contribution in [0.15, 0.2) is 27.7 Å². The van der Waals surface area contributed by atoms with Gasteiger partial charge >= 0.3 is 6.01 Å². The van der Waals surface area contributed by atoms with E-state index in [1.165, 1.54) is 0 Å². The Kier molecular flexibility index (Phi) is 3.66. The fraction of sp³-hybridized carbons (Fsp3) is 0.400. The summed E-state index contributed by atoms with van der Waals surface area (Å²) in [7, 11) is 0. The molecule has 1 aliphatic carbocycles. The van der Waals surface area contributed by atoms with Gasteiger partial charge in [-0.05, 0) is 35.4 Å². The standard InChI is InChI=1S/C10H11BrClN3O/c1-2-15-10(13-9(11)14-15)16-8-5-3-4-7(12)6-8/h4,6H,2-3,5H2,1H3. The van der Waals surface area contributed by atoms with Gasteiger partial charge in [-0.3, -0.25) is 0 Å². The van der Waals surface area contributed by atoms with E-state index in [-0.39, 0.29) is 0 Å². The minimum Gasteiger partial charge on any atom is -0.429 e. The minimum absolute atomic E-state index is 0.493. The molecule has 0 unspecified atom stereocenters. The van der Waals surface area contributed by atoms with Gasteiger partial charge in [0.25, 0.3) is 0 Å². The first-order chi connectivity index (χ1) is 7.69. The van der Waals surface area contributed by atoms with Crippen molar-refractivity contribution < 1.29 is 4.74 Å². The quantitative estimate of drug-likeness (QED) is 0.860. The highest BCUT2D eigenvalue weighted by Crippen LogP contribution is 2.23. The number of rotatable bonds is 3. The molecule has 1 heterocycles. The van der Waals surface area contributed by atoms with E-state index in [1.807, 2.05) is 19.1 Å². The smallest absolute Gasteiger partial charge is 0.321 e. The van der Waals surface area contributed by atoms with Gasteiger partial charge in [0.05, 0.1) is 0 Å². The molecular weight excluding hydrogens is 293 g/mol. The van der Waals surface area contributed by atoms with Crippen molar-refractivity contribution in [2.24, 2.45) is 0 Å². The lowest BCUT2D eigenvalue weighted by atomic mass is 10.2. The number of aromatic nitrogens is 3. The van der Waals surface area contributed by atoms with Gasteiger partial charge in [-0.1, -0.05) is 17.7 Å². The summed E-state index contributed by atoms with van der Waals surface area (Å²) in [5.74, 6) is 0.821. The second-order valence-electron chi connectivity index (χ2n) is 3.32. The molecule has 2 rings (SSSR count). The van der Waals surface area contributed by atoms with E-state index in [9.17, 15) is 0 Å². The lowest BCUT2D eigenvalue weighted by Gasteiger charge is -2.11. The van der Waals surface area contributed by atoms with Crippen LogP contribution < -0.4 is 4.74 Å². The SMILES string of the molecule is CCn1nc(Br)nc1OC1=CC(Cl)=CCC1. The van der Waals surface area contributed by atoms with Crippen molar-refractivity contribution in [3.05, 3.63) is 27.7 Å². The van der Waals surface area contributed by atoms with Crippen LogP contribution in [-0.4, -0.2) is 14.8 Å². The van der Waals surface area contributed by atoms with Gasteiger partial charge in [0, 0.05) is 18.0 Å². The van der Waals surface area contributed by atoms with Crippen molar-refractivity contribution in [2.45, 2.75) is 26.3 Å². The second kappa shape index (κ2) is 5.01. The molecule has 4 nitrogen and oxygen atoms in total. The summed E-state index contributed by atoms with van der Waals surface area (Å²) in [6.07, 6.45) is 5.51. The van der Waals surface area contributed by atoms with Crippen molar-refractivity contribution in [1.29, 1.82) is 0 Å². The van der Waals surface area contributed by atoms with Crippen LogP contribution in [-0.2, 0) is 6.54 Å². The molecule has 0 spiro atoms. The molecule has 0 fully saturated rings. The Morgan fingerprint density at radius 2 is 2.44 bits per heavy atom. The number of halogens is 2. The van der Waals surface area contributed by atoms with E-state index in [0.717, 1.165) is 18.6 Å². The van der Waals surface area contributed by atoms with E-state index in [1.54, 1.807) is 4.68 Å². The summed E-state index contributed by atoms with van der Waals surface area (Å²) in [5.41, 5.74) is 0. The van der Waals surface area contributed by atoms with Crippen LogP contribution in [0.3, 0.4) is 0 Å². The van der Waals surface area contributed by atoms with Crippen LogP contribution >= 0.6 is 27.5 Å². The van der Waals surface area contributed by atoms with Crippen molar-refractivity contribution in [1.82, 2.24) is 14.8 Å². The van der Waals surface area contributed by atoms with Gasteiger partial charge < -0.3 is 4.74 Å². The number of allylic oxidation sites excluding steroid dienone is 4. The van der Waals surface area contributed by atoms with Crippen molar-refractivity contribution in [3.63, 3.8) is 0 Å². The van der Waals surface area contributed by atoms with Crippen LogP contribution in [0, 0.1) is 0 Å². The number of hydrogen-bond donors (Lipinski definition) is 0. The highest BCUT2D eigenvalue weighted by atomic mass is 79.9. The van der Waals surface area contributed by atoms with Crippen molar-refractivity contribution in [3.8, 4) is 6.01 Å². The first kappa shape index (κ1) is 11.7. The molecule has 0 radical (unpaired) electrons. The zero-order chi connectivity index (χ0) is 11.5. The van der Waals surface area contributed by atoms with Crippen LogP contribution in [0.2, 0.25) is 0 Å². The Hall–Kier alpha value is -0.810. The normalized spacial score (nSPS) is 15.7. The molecular formula is C10H11BrClN3O. The van der Waals surface area contributed by atoms with E-state index >= 15 is 0 Å². The molecule has 0 bridgehead atoms. The van der Waals surface area contributed by atoms with E-state index in [2.05, 4.69) is 26.0 Å². The van der Waals surface area contributed by atoms with Gasteiger partial charge in [0.2, 0.25) is 4.73 Å². The molecule has 6 heteroatoms. The van der Waals surface area contributed by atoms with E-state index < -0.39 is 0 Å². The third-order valence-corrected chi connectivity index (χ3v) is 2.76. The molecule has 1 aliphatic rings. The van der Waals surface area contributed by atoms with Crippen molar-refractivity contribution in [2.75, 3.05) is 0 Å². The molecule has 86 valence electrons. The molecule has 1 aromatic rings. The first-order valence-electron chi connectivity index (χ1n) is 5.03. The van der Waals surface area contributed by atoms with Crippen LogP contribution in [0.4, 0.5) is 0 Å². The number of aryl methyl sites for hydroxylation is 1. The maximum absolute atomic E-state index is 5.91. The Balaban J connectivity index is 2.17. The minimum atomic E-state index is 0.493. The molecule has 16 heavy (non-hydrogen) atoms. The second-order valence-corrected chi connectivity index (χ2v) is 4.47. The predicted molar refractivity (Wildman–Crippen MR) is 65.3 cm³/mol. The summed E-state index contributed by atoms with van der Waals surface area (Å²) in [6, 6.07) is 0.493. The highest BCUT2D eigenvalue weighted by molar-refractivity contribution is 9.10. The molecule has 0 N–H and O–H groups in total. The summed E-state index contributed by atoms with van der Waals surface area (Å²) in [6.45, 7) is 2.70. The lowest BCUT2D eigenvalue weighted by Crippen LogP contribution is -2.05. The van der Waals surface area contributed by atoms with Crippen LogP contribution in [0.25, 0.3) is 0 Å². The monoisotopic (exact) mass is 303 g/mol. The fourth-order valence-electron chi connectivity index (χ4n) is 1.42. The summed E-state index contributed by atoms with van der Waals surface area (Å²) >= 11 is 9.13. The van der Waals surface area contributed by atoms with Gasteiger partial charge in [0.1, 0.15) is 5.76 Å². The number of nitrogens with zero attached hydrogens (tertiary/aromatic N) is 3. The Morgan fingerprint density at radius 1 is 1.62 bits per heavy atom. The van der Waals surface area contributed by atoms with Gasteiger partial charge in [-0.15, -0.1) is 5.10 Å². The van der Waals surface area contributed by atoms with Crippen LogP contribution in [0.1, 0.15) is 19.8 Å². The average molecular weight is 305 g/mol. The summed E-state index contributed by atoms with van der Waals surface area (Å²) in [5, 5.41) is 4.85. The van der Waals surface area contributed by atoms with E-state index in [4.69, 9.17) is 16.3 Å². The third kappa shape index (κ3) is 2.65. The maximum Gasteiger partial charge on any atom is 0.321 e. The van der Waals surface area contributed by atoms with Gasteiger partial charge in [-0.2, -0.15) is 4.98 Å². The first-order valence-corrected chi connectivity index (χ1v) is 6.20. The van der Waals surface area contributed by atoms with Crippen molar-refractivity contribution >= 4 is 27.5 Å². The summed E-state index contributed by atoms with van der Waals surface area (Å²) in [4.78, 5) is 4.14. The van der Waals surface area contributed by atoms with Crippen LogP contribution in [0.5, 0.6) is 6.01 Å². The summed E-state index contributed by atoms with van der Waals surface area (Å²) < 4.78 is 7.89. The zero-order valence-corrected chi connectivity index (χ0v) is 11.1. The molecule has 0 aromatic carbocycles. The Morgan fingerprint density at radius 3 is 3.12 bits per heavy atom. The molecule has 1 aromatic heterocycles. The Bertz CT molecular complexity index is 453. The van der Waals surface area contributed by atoms with Gasteiger partial charge in [0.15, 0.2) is 0 Å². The molecule has 0 amide bonds. The van der Waals surface area contributed by atoms with E-state index in [0.29, 0.717) is 22.3 Å². The predicted octanol–water partition coefficient (Wildman–Crippen LogP) is 3.24. The number of hydrogen-bond acceptors (Lipinski definition) is 3. The maximum atomic E-state index is 5.91. The topological polar surface area (TPSA) is 39.9 Å². The Labute approximate surface area is 107 Å². The number of ether oxygens (including phenoxy) is 1. The molecule has 0 atom stereocenters. The largest absolute Gasteiger partial charge is 0.429 e. The fourth-order valence-corrected chi connectivity index (χ4v) is 1.99. The van der Waals surface area contributed by atoms with Gasteiger partial charge in [-0.25, -0.2) is 4.68 Å². The molecule has 0 saturated heterocycles. The third-order valence-electron chi connectivity index (χ3n) is 2.16. The average Bonchev–Trinajstić information content (AvgIpc) is 2.59. The highest BCUT2D eigenvalue weighted by Gasteiger charge is 2.12. The molecule has 0 aliphatic heterocycles. The molecule has 0 saturated carbocycles.